The van der Waals surface area contributed by atoms with Gasteiger partial charge in [0, 0.05) is 37.6 Å². The van der Waals surface area contributed by atoms with E-state index in [1.54, 1.807) is 24.3 Å². The molecule has 2 aliphatic rings. The van der Waals surface area contributed by atoms with Gasteiger partial charge in [-0.05, 0) is 73.3 Å². The Kier molecular flexibility index (Phi) is 6.63. The molecule has 0 aromatic heterocycles. The Hall–Kier alpha value is -1.67. The molecular weight excluding hydrogens is 422 g/mol. The van der Waals surface area contributed by atoms with Gasteiger partial charge in [0.05, 0.1) is 4.90 Å². The number of halogens is 1. The number of piperidine rings is 1. The van der Waals surface area contributed by atoms with Crippen LogP contribution in [0.2, 0.25) is 5.02 Å². The number of nitrogens with one attached hydrogen (secondary N) is 1. The zero-order valence-corrected chi connectivity index (χ0v) is 18.6. The smallest absolute Gasteiger partial charge is 0.243 e. The van der Waals surface area contributed by atoms with Gasteiger partial charge in [-0.2, -0.15) is 4.31 Å². The molecule has 2 aromatic rings. The first-order valence-corrected chi connectivity index (χ1v) is 12.4. The maximum Gasteiger partial charge on any atom is 0.243 e. The topological polar surface area (TPSA) is 69.7 Å². The molecule has 0 saturated carbocycles. The van der Waals surface area contributed by atoms with Crippen molar-refractivity contribution in [2.75, 3.05) is 39.3 Å². The molecule has 162 valence electrons. The Labute approximate surface area is 183 Å². The SMILES string of the molecule is O=C(CCC1CCNCC1)N1CCN(S(=O)(=O)c2ccc3cc(Cl)ccc3c2)CC1. The molecule has 0 unspecified atom stereocenters. The Bertz CT molecular complexity index is 1010. The van der Waals surface area contributed by atoms with Crippen LogP contribution in [0.3, 0.4) is 0 Å². The first-order valence-electron chi connectivity index (χ1n) is 10.6. The second kappa shape index (κ2) is 9.22. The number of carbonyl (C=O) groups is 1. The van der Waals surface area contributed by atoms with Crippen molar-refractivity contribution in [2.24, 2.45) is 5.92 Å². The number of carbonyl (C=O) groups excluding carboxylic acids is 1. The largest absolute Gasteiger partial charge is 0.340 e. The predicted molar refractivity (Wildman–Crippen MR) is 119 cm³/mol. The number of rotatable bonds is 5. The van der Waals surface area contributed by atoms with Gasteiger partial charge in [-0.25, -0.2) is 8.42 Å². The average Bonchev–Trinajstić information content (AvgIpc) is 2.77. The van der Waals surface area contributed by atoms with Crippen LogP contribution >= 0.6 is 11.6 Å². The van der Waals surface area contributed by atoms with Crippen molar-refractivity contribution in [1.29, 1.82) is 0 Å². The fourth-order valence-electron chi connectivity index (χ4n) is 4.34. The first-order chi connectivity index (χ1) is 14.4. The van der Waals surface area contributed by atoms with Crippen LogP contribution in [0.1, 0.15) is 25.7 Å². The fourth-order valence-corrected chi connectivity index (χ4v) is 5.98. The summed E-state index contributed by atoms with van der Waals surface area (Å²) in [7, 11) is -3.59. The van der Waals surface area contributed by atoms with Crippen LogP contribution in [0.5, 0.6) is 0 Å². The second-order valence-corrected chi connectivity index (χ2v) is 10.5. The summed E-state index contributed by atoms with van der Waals surface area (Å²) in [6.07, 6.45) is 3.76. The van der Waals surface area contributed by atoms with Crippen LogP contribution in [0.4, 0.5) is 0 Å². The van der Waals surface area contributed by atoms with E-state index in [4.69, 9.17) is 11.6 Å². The summed E-state index contributed by atoms with van der Waals surface area (Å²) < 4.78 is 27.7. The molecule has 8 heteroatoms. The summed E-state index contributed by atoms with van der Waals surface area (Å²) in [6, 6.07) is 10.5. The van der Waals surface area contributed by atoms with Gasteiger partial charge in [-0.1, -0.05) is 23.7 Å². The van der Waals surface area contributed by atoms with Gasteiger partial charge < -0.3 is 10.2 Å². The standard InChI is InChI=1S/C22H28ClN3O3S/c23-20-4-2-19-16-21(5-3-18(19)15-20)30(28,29)26-13-11-25(12-14-26)22(27)6-1-17-7-9-24-10-8-17/h2-5,15-17,24H,1,6-14H2. The molecule has 4 rings (SSSR count). The molecule has 0 aliphatic carbocycles. The predicted octanol–water partition coefficient (Wildman–Crippen LogP) is 3.11. The highest BCUT2D eigenvalue weighted by atomic mass is 35.5. The lowest BCUT2D eigenvalue weighted by Crippen LogP contribution is -2.50. The highest BCUT2D eigenvalue weighted by Gasteiger charge is 2.30. The average molecular weight is 450 g/mol. The molecule has 1 amide bonds. The Morgan fingerprint density at radius 3 is 2.40 bits per heavy atom. The van der Waals surface area contributed by atoms with Crippen LogP contribution < -0.4 is 5.32 Å². The molecule has 2 fully saturated rings. The summed E-state index contributed by atoms with van der Waals surface area (Å²) in [5, 5.41) is 5.72. The van der Waals surface area contributed by atoms with Crippen molar-refractivity contribution in [3.8, 4) is 0 Å². The second-order valence-electron chi connectivity index (χ2n) is 8.17. The van der Waals surface area contributed by atoms with Gasteiger partial charge >= 0.3 is 0 Å². The molecule has 2 heterocycles. The maximum atomic E-state index is 13.1. The van der Waals surface area contributed by atoms with E-state index in [0.29, 0.717) is 43.5 Å². The van der Waals surface area contributed by atoms with Gasteiger partial charge in [-0.15, -0.1) is 0 Å². The van der Waals surface area contributed by atoms with Crippen LogP contribution in [-0.4, -0.2) is 62.8 Å². The van der Waals surface area contributed by atoms with Gasteiger partial charge in [0.2, 0.25) is 15.9 Å². The Morgan fingerprint density at radius 1 is 1.00 bits per heavy atom. The van der Waals surface area contributed by atoms with Crippen LogP contribution in [-0.2, 0) is 14.8 Å². The molecule has 2 aliphatic heterocycles. The molecule has 2 saturated heterocycles. The zero-order valence-electron chi connectivity index (χ0n) is 17.0. The van der Waals surface area contributed by atoms with Gasteiger partial charge in [0.15, 0.2) is 0 Å². The number of hydrogen-bond donors (Lipinski definition) is 1. The number of fused-ring (bicyclic) bond motifs is 1. The highest BCUT2D eigenvalue weighted by molar-refractivity contribution is 7.89. The molecule has 30 heavy (non-hydrogen) atoms. The van der Waals surface area contributed by atoms with Crippen molar-refractivity contribution in [2.45, 2.75) is 30.6 Å². The van der Waals surface area contributed by atoms with Crippen LogP contribution in [0, 0.1) is 5.92 Å². The summed E-state index contributed by atoms with van der Waals surface area (Å²) in [5.41, 5.74) is 0. The highest BCUT2D eigenvalue weighted by Crippen LogP contribution is 2.25. The Balaban J connectivity index is 1.35. The monoisotopic (exact) mass is 449 g/mol. The molecule has 2 aromatic carbocycles. The van der Waals surface area contributed by atoms with E-state index < -0.39 is 10.0 Å². The lowest BCUT2D eigenvalue weighted by molar-refractivity contribution is -0.132. The minimum atomic E-state index is -3.59. The number of nitrogens with zero attached hydrogens (tertiary/aromatic N) is 2. The van der Waals surface area contributed by atoms with Gasteiger partial charge in [0.25, 0.3) is 0 Å². The van der Waals surface area contributed by atoms with Crippen molar-refractivity contribution >= 4 is 38.3 Å². The number of hydrogen-bond acceptors (Lipinski definition) is 4. The molecule has 1 N–H and O–H groups in total. The minimum Gasteiger partial charge on any atom is -0.340 e. The molecule has 0 atom stereocenters. The lowest BCUT2D eigenvalue weighted by Gasteiger charge is -2.34. The van der Waals surface area contributed by atoms with E-state index >= 15 is 0 Å². The van der Waals surface area contributed by atoms with E-state index in [9.17, 15) is 13.2 Å². The van der Waals surface area contributed by atoms with Crippen LogP contribution in [0.15, 0.2) is 41.3 Å². The normalized spacial score (nSPS) is 19.3. The number of sulfonamides is 1. The van der Waals surface area contributed by atoms with Crippen molar-refractivity contribution in [3.63, 3.8) is 0 Å². The zero-order chi connectivity index (χ0) is 21.1. The number of piperazine rings is 1. The van der Waals surface area contributed by atoms with Crippen molar-refractivity contribution < 1.29 is 13.2 Å². The quantitative estimate of drug-likeness (QED) is 0.761. The number of benzene rings is 2. The van der Waals surface area contributed by atoms with Gasteiger partial charge in [-0.3, -0.25) is 4.79 Å². The minimum absolute atomic E-state index is 0.146. The number of amides is 1. The van der Waals surface area contributed by atoms with Gasteiger partial charge in [0.1, 0.15) is 0 Å². The van der Waals surface area contributed by atoms with E-state index in [0.717, 1.165) is 43.1 Å². The fraction of sp³-hybridized carbons (Fsp3) is 0.500. The summed E-state index contributed by atoms with van der Waals surface area (Å²) in [5.74, 6) is 0.771. The Morgan fingerprint density at radius 2 is 1.67 bits per heavy atom. The third-order valence-electron chi connectivity index (χ3n) is 6.23. The van der Waals surface area contributed by atoms with Crippen molar-refractivity contribution in [1.82, 2.24) is 14.5 Å². The van der Waals surface area contributed by atoms with Crippen LogP contribution in [0.25, 0.3) is 10.8 Å². The first kappa shape index (κ1) is 21.6. The van der Waals surface area contributed by atoms with E-state index in [-0.39, 0.29) is 10.8 Å². The molecule has 0 radical (unpaired) electrons. The summed E-state index contributed by atoms with van der Waals surface area (Å²) in [4.78, 5) is 14.7. The van der Waals surface area contributed by atoms with E-state index in [2.05, 4.69) is 5.32 Å². The molecule has 0 spiro atoms. The summed E-state index contributed by atoms with van der Waals surface area (Å²) >= 11 is 6.01. The third kappa shape index (κ3) is 4.80. The molecular formula is C22H28ClN3O3S. The molecule has 0 bridgehead atoms. The van der Waals surface area contributed by atoms with Crippen molar-refractivity contribution in [3.05, 3.63) is 41.4 Å². The maximum absolute atomic E-state index is 13.1. The lowest BCUT2D eigenvalue weighted by atomic mass is 9.93. The van der Waals surface area contributed by atoms with E-state index in [1.807, 2.05) is 17.0 Å². The summed E-state index contributed by atoms with van der Waals surface area (Å²) in [6.45, 7) is 3.65. The third-order valence-corrected chi connectivity index (χ3v) is 8.36. The van der Waals surface area contributed by atoms with E-state index in [1.165, 1.54) is 4.31 Å². The molecule has 6 nitrogen and oxygen atoms in total.